The predicted octanol–water partition coefficient (Wildman–Crippen LogP) is -1.91. The number of urea groups is 1. The molecule has 1 heterocycles. The number of thiol groups is 1. The van der Waals surface area contributed by atoms with Crippen LogP contribution in [0.3, 0.4) is 0 Å². The maximum atomic E-state index is 13.2. The van der Waals surface area contributed by atoms with E-state index >= 15 is 0 Å². The van der Waals surface area contributed by atoms with E-state index in [9.17, 15) is 14.1 Å². The lowest BCUT2D eigenvalue weighted by molar-refractivity contribution is 0.0783. The summed E-state index contributed by atoms with van der Waals surface area (Å²) in [5.74, 6) is 0. The normalized spacial score (nSPS) is 19.2. The molecule has 1 aromatic heterocycles. The maximum absolute atomic E-state index is 13.2. The average molecular weight is 470 g/mol. The minimum absolute atomic E-state index is 0.0582. The lowest BCUT2D eigenvalue weighted by atomic mass is 9.48. The van der Waals surface area contributed by atoms with Crippen molar-refractivity contribution in [1.82, 2.24) is 9.71 Å². The second-order valence-electron chi connectivity index (χ2n) is 10.9. The van der Waals surface area contributed by atoms with Crippen molar-refractivity contribution in [1.29, 1.82) is 0 Å². The van der Waals surface area contributed by atoms with Crippen molar-refractivity contribution in [3.63, 3.8) is 0 Å². The molecule has 2 amide bonds. The van der Waals surface area contributed by atoms with Gasteiger partial charge in [-0.3, -0.25) is 9.86 Å². The maximum Gasteiger partial charge on any atom is 0.330 e. The molecule has 0 atom stereocenters. The van der Waals surface area contributed by atoms with Gasteiger partial charge >= 0.3 is 6.03 Å². The SMILES string of the molecule is BC1(B)CCc2cc3c(c(NC(=O)N[SH](N)(=O)c4cnc(C(C)(C)O)s4)c21)C(B)(B)CC3. The molecule has 2 aliphatic rings. The van der Waals surface area contributed by atoms with Crippen molar-refractivity contribution in [3.8, 4) is 0 Å². The average Bonchev–Trinajstić information content (AvgIpc) is 3.31. The summed E-state index contributed by atoms with van der Waals surface area (Å²) in [4.78, 5) is 17.2. The van der Waals surface area contributed by atoms with Crippen LogP contribution in [-0.2, 0) is 39.2 Å². The van der Waals surface area contributed by atoms with Gasteiger partial charge in [0.25, 0.3) is 0 Å². The number of carbonyl (C=O) groups excluding carboxylic acids is 1. The van der Waals surface area contributed by atoms with Gasteiger partial charge in [-0.1, -0.05) is 29.3 Å². The summed E-state index contributed by atoms with van der Waals surface area (Å²) >= 11 is 1.04. The second kappa shape index (κ2) is 7.48. The van der Waals surface area contributed by atoms with Gasteiger partial charge < -0.3 is 10.4 Å². The highest BCUT2D eigenvalue weighted by Gasteiger charge is 2.40. The van der Waals surface area contributed by atoms with Crippen LogP contribution in [0.15, 0.2) is 16.5 Å². The number of hydrogen-bond donors (Lipinski definition) is 5. The van der Waals surface area contributed by atoms with E-state index in [1.807, 2.05) is 0 Å². The van der Waals surface area contributed by atoms with Crippen LogP contribution in [0.5, 0.6) is 0 Å². The number of benzene rings is 1. The van der Waals surface area contributed by atoms with Crippen LogP contribution < -0.4 is 15.2 Å². The molecule has 2 aliphatic carbocycles. The Labute approximate surface area is 198 Å². The summed E-state index contributed by atoms with van der Waals surface area (Å²) in [5.41, 5.74) is 4.60. The van der Waals surface area contributed by atoms with Crippen molar-refractivity contribution < 1.29 is 14.1 Å². The molecule has 168 valence electrons. The number of nitrogens with one attached hydrogen (secondary N) is 2. The third kappa shape index (κ3) is 4.08. The van der Waals surface area contributed by atoms with Crippen LogP contribution in [-0.4, -0.2) is 51.7 Å². The smallest absolute Gasteiger partial charge is 0.330 e. The first-order valence-electron chi connectivity index (χ1n) is 11.0. The van der Waals surface area contributed by atoms with E-state index in [2.05, 4.69) is 52.5 Å². The molecule has 0 spiro atoms. The van der Waals surface area contributed by atoms with Gasteiger partial charge in [0.1, 0.15) is 46.2 Å². The van der Waals surface area contributed by atoms with Crippen molar-refractivity contribution >= 4 is 64.7 Å². The molecule has 0 fully saturated rings. The lowest BCUT2D eigenvalue weighted by Crippen LogP contribution is -2.45. The molecular formula is C19H30B4N4O3S2. The summed E-state index contributed by atoms with van der Waals surface area (Å²) in [7, 11) is 5.12. The summed E-state index contributed by atoms with van der Waals surface area (Å²) in [6.45, 7) is 3.19. The predicted molar refractivity (Wildman–Crippen MR) is 142 cm³/mol. The fraction of sp³-hybridized carbons (Fsp3) is 0.474. The van der Waals surface area contributed by atoms with Crippen molar-refractivity contribution in [3.05, 3.63) is 39.5 Å². The number of fused-ring (bicyclic) bond motifs is 2. The molecule has 13 heteroatoms. The Morgan fingerprint density at radius 3 is 2.19 bits per heavy atom. The number of carbonyl (C=O) groups is 1. The molecule has 1 aromatic carbocycles. The van der Waals surface area contributed by atoms with E-state index in [0.717, 1.165) is 42.7 Å². The molecule has 0 aliphatic heterocycles. The fourth-order valence-electron chi connectivity index (χ4n) is 5.06. The van der Waals surface area contributed by atoms with Gasteiger partial charge in [-0.15, -0.1) is 11.3 Å². The Morgan fingerprint density at radius 2 is 1.72 bits per heavy atom. The molecule has 5 N–H and O–H groups in total. The molecule has 0 saturated heterocycles. The van der Waals surface area contributed by atoms with Crippen molar-refractivity contribution in [2.45, 2.75) is 59.8 Å². The minimum Gasteiger partial charge on any atom is -0.383 e. The number of aromatic nitrogens is 1. The standard InChI is InChI=1S/C19H30B4N4O3S2/c1-17(2,29)15-25-8-11(31-15)32(24,30)27-16(28)26-14-12-9(3-5-18(12,20)21)7-10-4-6-19(22,23)13(10)14/h7-8,29,32H,3-6,20-23H2,1-2H3,(H4,24,26,27,28,30). The topological polar surface area (TPSA) is 117 Å². The third-order valence-corrected chi connectivity index (χ3v) is 10.2. The number of hydrogen-bond acceptors (Lipinski definition) is 5. The number of thiazole rings is 1. The van der Waals surface area contributed by atoms with Crippen molar-refractivity contribution in [2.75, 3.05) is 5.32 Å². The summed E-state index contributed by atoms with van der Waals surface area (Å²) < 4.78 is 15.9. The largest absolute Gasteiger partial charge is 0.383 e. The third-order valence-electron chi connectivity index (χ3n) is 6.73. The lowest BCUT2D eigenvalue weighted by Gasteiger charge is -2.30. The van der Waals surface area contributed by atoms with Crippen LogP contribution in [0.25, 0.3) is 0 Å². The van der Waals surface area contributed by atoms with E-state index in [1.54, 1.807) is 13.8 Å². The zero-order valence-corrected chi connectivity index (χ0v) is 21.3. The van der Waals surface area contributed by atoms with E-state index in [0.29, 0.717) is 5.01 Å². The van der Waals surface area contributed by atoms with Gasteiger partial charge in [-0.05, 0) is 48.9 Å². The molecular weight excluding hydrogens is 440 g/mol. The Balaban J connectivity index is 1.67. The van der Waals surface area contributed by atoms with Crippen LogP contribution in [0.4, 0.5) is 10.5 Å². The molecule has 0 unspecified atom stereocenters. The molecule has 4 rings (SSSR count). The number of nitrogens with two attached hydrogens (primary N) is 1. The van der Waals surface area contributed by atoms with Crippen LogP contribution in [0, 0.1) is 0 Å². The summed E-state index contributed by atoms with van der Waals surface area (Å²) in [6.07, 6.45) is 5.39. The van der Waals surface area contributed by atoms with Gasteiger partial charge in [-0.25, -0.2) is 14.0 Å². The quantitative estimate of drug-likeness (QED) is 0.265. The second-order valence-corrected chi connectivity index (χ2v) is 14.2. The monoisotopic (exact) mass is 470 g/mol. The van der Waals surface area contributed by atoms with Crippen LogP contribution in [0.1, 0.15) is 54.0 Å². The molecule has 0 saturated carbocycles. The number of nitrogens with zero attached hydrogens (tertiary/aromatic N) is 1. The highest BCUT2D eigenvalue weighted by atomic mass is 32.3. The Bertz CT molecular complexity index is 1120. The number of rotatable bonds is 4. The molecule has 32 heavy (non-hydrogen) atoms. The van der Waals surface area contributed by atoms with Crippen LogP contribution in [0.2, 0.25) is 0 Å². The van der Waals surface area contributed by atoms with Gasteiger partial charge in [0.05, 0.1) is 6.20 Å². The Hall–Kier alpha value is -1.55. The van der Waals surface area contributed by atoms with Gasteiger partial charge in [0, 0.05) is 16.0 Å². The Kier molecular flexibility index (Phi) is 5.52. The van der Waals surface area contributed by atoms with Gasteiger partial charge in [0.2, 0.25) is 0 Å². The van der Waals surface area contributed by atoms with E-state index < -0.39 is 21.9 Å². The Morgan fingerprint density at radius 1 is 1.19 bits per heavy atom. The minimum atomic E-state index is -3.71. The first-order chi connectivity index (χ1) is 14.6. The van der Waals surface area contributed by atoms with E-state index in [4.69, 9.17) is 5.14 Å². The fourth-order valence-corrected chi connectivity index (χ4v) is 7.35. The summed E-state index contributed by atoms with van der Waals surface area (Å²) in [5, 5.41) is 19.5. The highest BCUT2D eigenvalue weighted by molar-refractivity contribution is 8.01. The highest BCUT2D eigenvalue weighted by Crippen LogP contribution is 2.48. The zero-order chi connectivity index (χ0) is 23.7. The first kappa shape index (κ1) is 23.6. The number of aryl methyl sites for hydroxylation is 2. The number of aliphatic hydroxyl groups is 1. The number of amides is 2. The molecule has 7 nitrogen and oxygen atoms in total. The first-order valence-corrected chi connectivity index (χ1v) is 13.6. The zero-order valence-electron chi connectivity index (χ0n) is 19.6. The number of anilines is 1. The van der Waals surface area contributed by atoms with Crippen molar-refractivity contribution in [2.24, 2.45) is 5.14 Å². The summed E-state index contributed by atoms with van der Waals surface area (Å²) in [6, 6.07) is 1.73. The van der Waals surface area contributed by atoms with E-state index in [1.165, 1.54) is 28.5 Å². The van der Waals surface area contributed by atoms with E-state index in [-0.39, 0.29) is 14.6 Å². The van der Waals surface area contributed by atoms with Gasteiger partial charge in [0.15, 0.2) is 0 Å². The van der Waals surface area contributed by atoms with Gasteiger partial charge in [-0.2, -0.15) is 0 Å². The molecule has 2 aromatic rings. The van der Waals surface area contributed by atoms with Crippen LogP contribution >= 0.6 is 11.3 Å². The molecule has 0 bridgehead atoms. The molecule has 0 radical (unpaired) electrons.